The zero-order chi connectivity index (χ0) is 20.1. The Bertz CT molecular complexity index is 906. The highest BCUT2D eigenvalue weighted by Crippen LogP contribution is 2.25. The fourth-order valence-corrected chi connectivity index (χ4v) is 4.34. The Hall–Kier alpha value is -2.66. The molecule has 2 N–H and O–H groups in total. The average molecular weight is 391 g/mol. The van der Waals surface area contributed by atoms with Gasteiger partial charge in [0, 0.05) is 12.6 Å². The maximum absolute atomic E-state index is 12.3. The molecule has 1 aliphatic rings. The number of nitrogens with one attached hydrogen (secondary N) is 2. The van der Waals surface area contributed by atoms with E-state index >= 15 is 0 Å². The molecule has 0 unspecified atom stereocenters. The van der Waals surface area contributed by atoms with Gasteiger partial charge in [-0.05, 0) is 68.5 Å². The van der Waals surface area contributed by atoms with Crippen molar-refractivity contribution in [3.8, 4) is 0 Å². The maximum atomic E-state index is 12.3. The van der Waals surface area contributed by atoms with E-state index in [1.165, 1.54) is 30.4 Å². The maximum Gasteiger partial charge on any atom is 0.287 e. The lowest BCUT2D eigenvalue weighted by Crippen LogP contribution is -2.37. The van der Waals surface area contributed by atoms with Gasteiger partial charge in [0.15, 0.2) is 5.82 Å². The van der Waals surface area contributed by atoms with Crippen molar-refractivity contribution in [2.24, 2.45) is 0 Å². The molecule has 1 aromatic heterocycles. The van der Waals surface area contributed by atoms with Crippen LogP contribution in [0.3, 0.4) is 0 Å². The number of carbonyl (C=O) groups excluding carboxylic acids is 1. The van der Waals surface area contributed by atoms with Crippen LogP contribution in [0.2, 0.25) is 0 Å². The first-order chi connectivity index (χ1) is 14.2. The topological polar surface area (TPSA) is 61.0 Å². The van der Waals surface area contributed by atoms with Crippen molar-refractivity contribution < 1.29 is 4.79 Å². The number of fused-ring (bicyclic) bond motifs is 2. The second-order valence-corrected chi connectivity index (χ2v) is 7.93. The molecule has 2 aromatic carbocycles. The van der Waals surface area contributed by atoms with Crippen LogP contribution >= 0.6 is 0 Å². The van der Waals surface area contributed by atoms with Crippen LogP contribution in [0.1, 0.15) is 47.9 Å². The quantitative estimate of drug-likeness (QED) is 0.544. The van der Waals surface area contributed by atoms with Crippen LogP contribution in [-0.4, -0.2) is 46.5 Å². The second kappa shape index (κ2) is 9.23. The third-order valence-corrected chi connectivity index (χ3v) is 5.82. The molecule has 4 rings (SSSR count). The molecule has 0 saturated heterocycles. The number of hydrogen-bond acceptors (Lipinski definition) is 3. The van der Waals surface area contributed by atoms with E-state index in [0.717, 1.165) is 37.0 Å². The predicted molar refractivity (Wildman–Crippen MR) is 117 cm³/mol. The third-order valence-electron chi connectivity index (χ3n) is 5.82. The Balaban J connectivity index is 1.22. The number of nitrogens with zero attached hydrogens (tertiary/aromatic N) is 2. The van der Waals surface area contributed by atoms with Gasteiger partial charge in [0.2, 0.25) is 0 Å². The number of amides is 1. The van der Waals surface area contributed by atoms with Gasteiger partial charge in [-0.1, -0.05) is 43.3 Å². The van der Waals surface area contributed by atoms with Crippen molar-refractivity contribution >= 4 is 16.9 Å². The molecule has 1 heterocycles. The van der Waals surface area contributed by atoms with Gasteiger partial charge in [-0.25, -0.2) is 4.98 Å². The lowest BCUT2D eigenvalue weighted by atomic mass is 10.1. The summed E-state index contributed by atoms with van der Waals surface area (Å²) in [6, 6.07) is 17.2. The van der Waals surface area contributed by atoms with Crippen LogP contribution in [0.15, 0.2) is 48.5 Å². The standard InChI is InChI=1S/C24H30N4O/c1-2-14-28(20-16-18-9-3-4-10-19(18)17-20)15-8-7-13-25-24(29)23-26-21-11-5-6-12-22(21)27-23/h3-6,9-12,20H,2,7-8,13-17H2,1H3,(H,25,29)(H,26,27). The molecule has 3 aromatic rings. The van der Waals surface area contributed by atoms with Crippen molar-refractivity contribution in [1.29, 1.82) is 0 Å². The van der Waals surface area contributed by atoms with Gasteiger partial charge < -0.3 is 10.3 Å². The summed E-state index contributed by atoms with van der Waals surface area (Å²) in [6.07, 6.45) is 5.58. The van der Waals surface area contributed by atoms with Crippen LogP contribution < -0.4 is 5.32 Å². The van der Waals surface area contributed by atoms with Gasteiger partial charge in [0.1, 0.15) is 0 Å². The molecule has 0 aliphatic heterocycles. The van der Waals surface area contributed by atoms with Crippen molar-refractivity contribution in [3.05, 3.63) is 65.5 Å². The van der Waals surface area contributed by atoms with Crippen LogP contribution in [-0.2, 0) is 12.8 Å². The van der Waals surface area contributed by atoms with Gasteiger partial charge >= 0.3 is 0 Å². The summed E-state index contributed by atoms with van der Waals surface area (Å²) in [5.74, 6) is 0.264. The van der Waals surface area contributed by atoms with Crippen LogP contribution in [0.4, 0.5) is 0 Å². The first-order valence-corrected chi connectivity index (χ1v) is 10.8. The smallest absolute Gasteiger partial charge is 0.287 e. The summed E-state index contributed by atoms with van der Waals surface area (Å²) in [7, 11) is 0. The van der Waals surface area contributed by atoms with E-state index < -0.39 is 0 Å². The van der Waals surface area contributed by atoms with E-state index in [4.69, 9.17) is 0 Å². The molecule has 0 fully saturated rings. The molecule has 0 spiro atoms. The Labute approximate surface area is 172 Å². The van der Waals surface area contributed by atoms with Crippen molar-refractivity contribution in [2.45, 2.75) is 45.1 Å². The SMILES string of the molecule is CCCN(CCCCNC(=O)c1nc2ccccc2[nH]1)C1Cc2ccccc2C1. The number of aromatic nitrogens is 2. The van der Waals surface area contributed by atoms with E-state index in [1.54, 1.807) is 0 Å². The summed E-state index contributed by atoms with van der Waals surface area (Å²) < 4.78 is 0. The van der Waals surface area contributed by atoms with Crippen LogP contribution in [0, 0.1) is 0 Å². The second-order valence-electron chi connectivity index (χ2n) is 7.93. The highest BCUT2D eigenvalue weighted by molar-refractivity contribution is 5.94. The normalized spacial score (nSPS) is 13.9. The minimum Gasteiger partial charge on any atom is -0.349 e. The summed E-state index contributed by atoms with van der Waals surface area (Å²) in [6.45, 7) is 5.17. The van der Waals surface area contributed by atoms with E-state index in [-0.39, 0.29) is 5.91 Å². The number of carbonyl (C=O) groups is 1. The highest BCUT2D eigenvalue weighted by atomic mass is 16.2. The molecule has 29 heavy (non-hydrogen) atoms. The monoisotopic (exact) mass is 390 g/mol. The Morgan fingerprint density at radius 3 is 2.52 bits per heavy atom. The Morgan fingerprint density at radius 1 is 1.07 bits per heavy atom. The number of unbranched alkanes of at least 4 members (excludes halogenated alkanes) is 1. The van der Waals surface area contributed by atoms with Crippen LogP contribution in [0.25, 0.3) is 11.0 Å². The third kappa shape index (κ3) is 4.67. The number of imidazole rings is 1. The van der Waals surface area contributed by atoms with Gasteiger partial charge in [-0.2, -0.15) is 0 Å². The number of H-pyrrole nitrogens is 1. The van der Waals surface area contributed by atoms with Crippen molar-refractivity contribution in [3.63, 3.8) is 0 Å². The summed E-state index contributed by atoms with van der Waals surface area (Å²) in [5, 5.41) is 3.00. The molecule has 152 valence electrons. The van der Waals surface area contributed by atoms with Gasteiger partial charge in [0.25, 0.3) is 5.91 Å². The van der Waals surface area contributed by atoms with E-state index in [2.05, 4.69) is 51.4 Å². The number of hydrogen-bond donors (Lipinski definition) is 2. The molecule has 0 bridgehead atoms. The fraction of sp³-hybridized carbons (Fsp3) is 0.417. The lowest BCUT2D eigenvalue weighted by molar-refractivity contribution is 0.0943. The van der Waals surface area contributed by atoms with Crippen LogP contribution in [0.5, 0.6) is 0 Å². The fourth-order valence-electron chi connectivity index (χ4n) is 4.34. The van der Waals surface area contributed by atoms with Crippen molar-refractivity contribution in [1.82, 2.24) is 20.2 Å². The molecular formula is C24H30N4O. The predicted octanol–water partition coefficient (Wildman–Crippen LogP) is 3.95. The zero-order valence-electron chi connectivity index (χ0n) is 17.2. The summed E-state index contributed by atoms with van der Waals surface area (Å²) in [4.78, 5) is 22.4. The van der Waals surface area contributed by atoms with Gasteiger partial charge in [0.05, 0.1) is 11.0 Å². The minimum atomic E-state index is -0.127. The summed E-state index contributed by atoms with van der Waals surface area (Å²) in [5.41, 5.74) is 4.74. The number of para-hydroxylation sites is 2. The largest absolute Gasteiger partial charge is 0.349 e. The van der Waals surface area contributed by atoms with E-state index in [9.17, 15) is 4.79 Å². The van der Waals surface area contributed by atoms with Crippen molar-refractivity contribution in [2.75, 3.05) is 19.6 Å². The lowest BCUT2D eigenvalue weighted by Gasteiger charge is -2.28. The zero-order valence-corrected chi connectivity index (χ0v) is 17.2. The van der Waals surface area contributed by atoms with Gasteiger partial charge in [-0.15, -0.1) is 0 Å². The molecule has 5 heteroatoms. The number of aromatic amines is 1. The Kier molecular flexibility index (Phi) is 6.25. The average Bonchev–Trinajstić information content (AvgIpc) is 3.36. The molecule has 0 atom stereocenters. The molecule has 0 radical (unpaired) electrons. The van der Waals surface area contributed by atoms with E-state index in [1.807, 2.05) is 24.3 Å². The Morgan fingerprint density at radius 2 is 1.79 bits per heavy atom. The van der Waals surface area contributed by atoms with Gasteiger partial charge in [-0.3, -0.25) is 9.69 Å². The molecule has 0 saturated carbocycles. The first kappa shape index (κ1) is 19.6. The minimum absolute atomic E-state index is 0.127. The first-order valence-electron chi connectivity index (χ1n) is 10.8. The van der Waals surface area contributed by atoms with E-state index in [0.29, 0.717) is 18.4 Å². The molecular weight excluding hydrogens is 360 g/mol. The number of benzene rings is 2. The molecule has 5 nitrogen and oxygen atoms in total. The number of rotatable bonds is 9. The highest BCUT2D eigenvalue weighted by Gasteiger charge is 2.25. The molecule has 1 aliphatic carbocycles. The molecule has 1 amide bonds. The summed E-state index contributed by atoms with van der Waals surface area (Å²) >= 11 is 0.